The van der Waals surface area contributed by atoms with Gasteiger partial charge >= 0.3 is 0 Å². The summed E-state index contributed by atoms with van der Waals surface area (Å²) in [4.78, 5) is 14.3. The van der Waals surface area contributed by atoms with E-state index in [1.165, 1.54) is 6.42 Å². The number of carbonyl (C=O) groups is 1. The number of aromatic amines is 1. The number of amides is 1. The number of likely N-dealkylation sites (tertiary alicyclic amines) is 1. The highest BCUT2D eigenvalue weighted by Gasteiger charge is 2.22. The zero-order chi connectivity index (χ0) is 14.5. The summed E-state index contributed by atoms with van der Waals surface area (Å²) in [5, 5.41) is 19.3. The van der Waals surface area contributed by atoms with Crippen molar-refractivity contribution in [1.29, 1.82) is 0 Å². The van der Waals surface area contributed by atoms with Crippen LogP contribution in [-0.4, -0.2) is 51.8 Å². The van der Waals surface area contributed by atoms with Crippen molar-refractivity contribution in [3.8, 4) is 0 Å². The van der Waals surface area contributed by atoms with E-state index in [4.69, 9.17) is 0 Å². The first-order valence-corrected chi connectivity index (χ1v) is 7.28. The molecule has 20 heavy (non-hydrogen) atoms. The number of rotatable bonds is 4. The summed E-state index contributed by atoms with van der Waals surface area (Å²) in [5.41, 5.74) is 2.43. The molecule has 0 aliphatic carbocycles. The van der Waals surface area contributed by atoms with Crippen molar-refractivity contribution < 1.29 is 9.90 Å². The van der Waals surface area contributed by atoms with Crippen LogP contribution in [0.25, 0.3) is 0 Å². The Morgan fingerprint density at radius 1 is 1.45 bits per heavy atom. The molecule has 2 rings (SSSR count). The zero-order valence-corrected chi connectivity index (χ0v) is 12.3. The number of hydrogen-bond donors (Lipinski definition) is 3. The molecule has 1 amide bonds. The van der Waals surface area contributed by atoms with E-state index in [1.807, 2.05) is 13.8 Å². The van der Waals surface area contributed by atoms with E-state index in [-0.39, 0.29) is 18.6 Å². The molecule has 0 bridgehead atoms. The van der Waals surface area contributed by atoms with Crippen LogP contribution < -0.4 is 5.32 Å². The van der Waals surface area contributed by atoms with Gasteiger partial charge in [0.05, 0.1) is 30.2 Å². The number of carbonyl (C=O) groups excluding carboxylic acids is 1. The summed E-state index contributed by atoms with van der Waals surface area (Å²) in [6.45, 7) is 5.08. The monoisotopic (exact) mass is 280 g/mol. The van der Waals surface area contributed by atoms with Gasteiger partial charge < -0.3 is 10.4 Å². The molecule has 112 valence electrons. The number of aliphatic hydroxyl groups excluding tert-OH is 1. The minimum Gasteiger partial charge on any atom is -0.395 e. The molecule has 1 atom stereocenters. The molecule has 2 heterocycles. The van der Waals surface area contributed by atoms with E-state index in [2.05, 4.69) is 20.4 Å². The van der Waals surface area contributed by atoms with Gasteiger partial charge in [-0.25, -0.2) is 0 Å². The molecular formula is C14H24N4O2. The van der Waals surface area contributed by atoms with E-state index < -0.39 is 0 Å². The van der Waals surface area contributed by atoms with Gasteiger partial charge in [-0.05, 0) is 33.2 Å². The first kappa shape index (κ1) is 15.0. The number of aromatic nitrogens is 2. The van der Waals surface area contributed by atoms with Crippen molar-refractivity contribution in [2.75, 3.05) is 25.0 Å². The Labute approximate surface area is 119 Å². The summed E-state index contributed by atoms with van der Waals surface area (Å²) in [7, 11) is 0. The Morgan fingerprint density at radius 2 is 2.25 bits per heavy atom. The molecule has 3 N–H and O–H groups in total. The predicted molar refractivity (Wildman–Crippen MR) is 77.6 cm³/mol. The predicted octanol–water partition coefficient (Wildman–Crippen LogP) is 1.20. The van der Waals surface area contributed by atoms with Crippen LogP contribution in [0.5, 0.6) is 0 Å². The quantitative estimate of drug-likeness (QED) is 0.774. The van der Waals surface area contributed by atoms with Crippen molar-refractivity contribution in [3.05, 3.63) is 11.4 Å². The first-order valence-electron chi connectivity index (χ1n) is 7.28. The maximum atomic E-state index is 12.2. The Morgan fingerprint density at radius 3 is 2.90 bits per heavy atom. The Hall–Kier alpha value is -1.40. The molecule has 0 aromatic carbocycles. The van der Waals surface area contributed by atoms with Crippen molar-refractivity contribution in [1.82, 2.24) is 15.1 Å². The van der Waals surface area contributed by atoms with Crippen LogP contribution in [0.1, 0.15) is 37.1 Å². The lowest BCUT2D eigenvalue weighted by molar-refractivity contribution is -0.118. The van der Waals surface area contributed by atoms with Gasteiger partial charge in [-0.15, -0.1) is 0 Å². The van der Waals surface area contributed by atoms with Crippen LogP contribution in [0, 0.1) is 13.8 Å². The molecule has 1 aromatic heterocycles. The highest BCUT2D eigenvalue weighted by molar-refractivity contribution is 5.93. The van der Waals surface area contributed by atoms with E-state index in [1.54, 1.807) is 0 Å². The third-order valence-electron chi connectivity index (χ3n) is 3.95. The maximum absolute atomic E-state index is 12.2. The zero-order valence-electron chi connectivity index (χ0n) is 12.3. The molecule has 6 heteroatoms. The topological polar surface area (TPSA) is 81.2 Å². The second kappa shape index (κ2) is 6.85. The van der Waals surface area contributed by atoms with Crippen LogP contribution in [0.3, 0.4) is 0 Å². The van der Waals surface area contributed by atoms with Crippen LogP contribution in [0.4, 0.5) is 5.69 Å². The fraction of sp³-hybridized carbons (Fsp3) is 0.714. The fourth-order valence-corrected chi connectivity index (χ4v) is 2.75. The number of nitrogens with one attached hydrogen (secondary N) is 2. The summed E-state index contributed by atoms with van der Waals surface area (Å²) in [5.74, 6) is -0.0436. The normalized spacial score (nSPS) is 20.6. The Bertz CT molecular complexity index is 439. The van der Waals surface area contributed by atoms with E-state index in [0.29, 0.717) is 6.54 Å². The number of H-pyrrole nitrogens is 1. The van der Waals surface area contributed by atoms with Gasteiger partial charge in [0.25, 0.3) is 0 Å². The van der Waals surface area contributed by atoms with Gasteiger partial charge in [0, 0.05) is 6.04 Å². The SMILES string of the molecule is Cc1n[nH]c(C)c1NC(=O)CN1CCCCCC1CO. The second-order valence-electron chi connectivity index (χ2n) is 5.51. The molecule has 1 unspecified atom stereocenters. The number of aliphatic hydroxyl groups is 1. The van der Waals surface area contributed by atoms with Gasteiger partial charge in [-0.3, -0.25) is 14.8 Å². The summed E-state index contributed by atoms with van der Waals surface area (Å²) < 4.78 is 0. The third-order valence-corrected chi connectivity index (χ3v) is 3.95. The smallest absolute Gasteiger partial charge is 0.238 e. The largest absolute Gasteiger partial charge is 0.395 e. The minimum atomic E-state index is -0.0436. The fourth-order valence-electron chi connectivity index (χ4n) is 2.75. The molecule has 1 aromatic rings. The molecule has 1 fully saturated rings. The molecule has 1 aliphatic rings. The summed E-state index contributed by atoms with van der Waals surface area (Å²) >= 11 is 0. The minimum absolute atomic E-state index is 0.0436. The highest BCUT2D eigenvalue weighted by atomic mass is 16.3. The van der Waals surface area contributed by atoms with E-state index in [9.17, 15) is 9.90 Å². The number of aryl methyl sites for hydroxylation is 2. The number of hydrogen-bond acceptors (Lipinski definition) is 4. The van der Waals surface area contributed by atoms with Crippen molar-refractivity contribution in [2.24, 2.45) is 0 Å². The van der Waals surface area contributed by atoms with Crippen LogP contribution >= 0.6 is 0 Å². The van der Waals surface area contributed by atoms with Gasteiger partial charge in [0.2, 0.25) is 5.91 Å². The lowest BCUT2D eigenvalue weighted by Crippen LogP contribution is -2.42. The standard InChI is InChI=1S/C14H24N4O2/c1-10-14(11(2)17-16-10)15-13(20)8-18-7-5-3-4-6-12(18)9-19/h12,19H,3-9H2,1-2H3,(H,15,20)(H,16,17). The van der Waals surface area contributed by atoms with Crippen molar-refractivity contribution >= 4 is 11.6 Å². The molecular weight excluding hydrogens is 256 g/mol. The lowest BCUT2D eigenvalue weighted by atomic mass is 10.1. The van der Waals surface area contributed by atoms with Gasteiger partial charge in [-0.2, -0.15) is 5.10 Å². The van der Waals surface area contributed by atoms with Crippen LogP contribution in [0.2, 0.25) is 0 Å². The average molecular weight is 280 g/mol. The van der Waals surface area contributed by atoms with Crippen LogP contribution in [0.15, 0.2) is 0 Å². The number of nitrogens with zero attached hydrogens (tertiary/aromatic N) is 2. The Kier molecular flexibility index (Phi) is 5.14. The molecule has 6 nitrogen and oxygen atoms in total. The second-order valence-corrected chi connectivity index (χ2v) is 5.51. The Balaban J connectivity index is 1.96. The van der Waals surface area contributed by atoms with Crippen LogP contribution in [-0.2, 0) is 4.79 Å². The molecule has 0 spiro atoms. The van der Waals surface area contributed by atoms with E-state index >= 15 is 0 Å². The van der Waals surface area contributed by atoms with Gasteiger partial charge in [0.1, 0.15) is 0 Å². The maximum Gasteiger partial charge on any atom is 0.238 e. The highest BCUT2D eigenvalue weighted by Crippen LogP contribution is 2.18. The van der Waals surface area contributed by atoms with E-state index in [0.717, 1.165) is 42.9 Å². The average Bonchev–Trinajstić information content (AvgIpc) is 2.65. The van der Waals surface area contributed by atoms with Gasteiger partial charge in [0.15, 0.2) is 0 Å². The molecule has 0 saturated carbocycles. The lowest BCUT2D eigenvalue weighted by Gasteiger charge is -2.27. The number of anilines is 1. The molecule has 0 radical (unpaired) electrons. The summed E-state index contributed by atoms with van der Waals surface area (Å²) in [6.07, 6.45) is 4.36. The van der Waals surface area contributed by atoms with Gasteiger partial charge in [-0.1, -0.05) is 12.8 Å². The molecule has 1 aliphatic heterocycles. The molecule has 1 saturated heterocycles. The summed E-state index contributed by atoms with van der Waals surface area (Å²) in [6, 6.07) is 0.106. The van der Waals surface area contributed by atoms with Crippen molar-refractivity contribution in [3.63, 3.8) is 0 Å². The van der Waals surface area contributed by atoms with Crippen molar-refractivity contribution in [2.45, 2.75) is 45.6 Å². The third kappa shape index (κ3) is 3.58. The first-order chi connectivity index (χ1) is 9.61.